The highest BCUT2D eigenvalue weighted by Gasteiger charge is 2.35. The molecular formula is C17H14Cl5N3O2S. The number of hydrogen-bond acceptors (Lipinski definition) is 3. The first kappa shape index (κ1) is 23.1. The minimum absolute atomic E-state index is 0.100. The van der Waals surface area contributed by atoms with Crippen LogP contribution < -0.4 is 20.7 Å². The average molecular weight is 502 g/mol. The van der Waals surface area contributed by atoms with Crippen LogP contribution in [0.25, 0.3) is 0 Å². The summed E-state index contributed by atoms with van der Waals surface area (Å²) in [6, 6.07) is 11.5. The molecule has 0 fully saturated rings. The van der Waals surface area contributed by atoms with Gasteiger partial charge in [-0.1, -0.05) is 70.1 Å². The van der Waals surface area contributed by atoms with Crippen LogP contribution in [0.5, 0.6) is 5.75 Å². The third kappa shape index (κ3) is 6.44. The lowest BCUT2D eigenvalue weighted by molar-refractivity contribution is 0.0934. The van der Waals surface area contributed by atoms with Crippen LogP contribution in [-0.4, -0.2) is 28.1 Å². The summed E-state index contributed by atoms with van der Waals surface area (Å²) in [5, 5.41) is 8.87. The zero-order chi connectivity index (χ0) is 20.9. The molecule has 0 radical (unpaired) electrons. The summed E-state index contributed by atoms with van der Waals surface area (Å²) in [5.74, 6) is -0.0142. The van der Waals surface area contributed by atoms with Crippen molar-refractivity contribution in [3.8, 4) is 5.75 Å². The molecule has 0 bridgehead atoms. The lowest BCUT2D eigenvalue weighted by atomic mass is 10.2. The summed E-state index contributed by atoms with van der Waals surface area (Å²) in [5.41, 5.74) is 0.758. The van der Waals surface area contributed by atoms with Crippen molar-refractivity contribution in [1.29, 1.82) is 0 Å². The van der Waals surface area contributed by atoms with Crippen LogP contribution in [0.4, 0.5) is 5.69 Å². The number of anilines is 1. The van der Waals surface area contributed by atoms with Crippen molar-refractivity contribution in [2.45, 2.75) is 9.96 Å². The van der Waals surface area contributed by atoms with Gasteiger partial charge in [0.2, 0.25) is 3.79 Å². The molecular weight excluding hydrogens is 488 g/mol. The summed E-state index contributed by atoms with van der Waals surface area (Å²) in [6.07, 6.45) is -1.16. The molecule has 0 spiro atoms. The lowest BCUT2D eigenvalue weighted by Crippen LogP contribution is -2.56. The van der Waals surface area contributed by atoms with E-state index in [1.54, 1.807) is 24.3 Å². The second-order valence-corrected chi connectivity index (χ2v) is 8.99. The van der Waals surface area contributed by atoms with E-state index in [1.807, 2.05) is 0 Å². The van der Waals surface area contributed by atoms with E-state index < -0.39 is 15.9 Å². The largest absolute Gasteiger partial charge is 0.495 e. The van der Waals surface area contributed by atoms with Gasteiger partial charge in [0.25, 0.3) is 5.91 Å². The second-order valence-electron chi connectivity index (χ2n) is 5.37. The van der Waals surface area contributed by atoms with Crippen molar-refractivity contribution >= 4 is 86.9 Å². The molecule has 0 saturated carbocycles. The van der Waals surface area contributed by atoms with Crippen molar-refractivity contribution in [2.75, 3.05) is 12.4 Å². The van der Waals surface area contributed by atoms with E-state index in [0.29, 0.717) is 16.5 Å². The Kier molecular flexibility index (Phi) is 8.30. The number of methoxy groups -OCH3 is 1. The van der Waals surface area contributed by atoms with E-state index in [2.05, 4.69) is 16.0 Å². The summed E-state index contributed by atoms with van der Waals surface area (Å²) in [6.45, 7) is 0. The van der Waals surface area contributed by atoms with E-state index in [9.17, 15) is 4.79 Å². The van der Waals surface area contributed by atoms with Crippen LogP contribution in [0.3, 0.4) is 0 Å². The van der Waals surface area contributed by atoms with Gasteiger partial charge in [0.1, 0.15) is 11.9 Å². The van der Waals surface area contributed by atoms with Gasteiger partial charge in [-0.25, -0.2) is 0 Å². The maximum absolute atomic E-state index is 12.5. The van der Waals surface area contributed by atoms with Crippen LogP contribution >= 0.6 is 70.2 Å². The number of para-hydroxylation sites is 2. The van der Waals surface area contributed by atoms with Crippen molar-refractivity contribution in [3.63, 3.8) is 0 Å². The highest BCUT2D eigenvalue weighted by Crippen LogP contribution is 2.30. The normalized spacial score (nSPS) is 12.1. The van der Waals surface area contributed by atoms with Crippen molar-refractivity contribution in [2.24, 2.45) is 0 Å². The Morgan fingerprint density at radius 3 is 2.39 bits per heavy atom. The van der Waals surface area contributed by atoms with E-state index in [1.165, 1.54) is 25.3 Å². The first-order valence-electron chi connectivity index (χ1n) is 7.65. The Labute approximate surface area is 192 Å². The highest BCUT2D eigenvalue weighted by molar-refractivity contribution is 7.80. The maximum Gasteiger partial charge on any atom is 0.254 e. The predicted octanol–water partition coefficient (Wildman–Crippen LogP) is 5.41. The number of benzene rings is 2. The first-order chi connectivity index (χ1) is 13.1. The van der Waals surface area contributed by atoms with Crippen molar-refractivity contribution in [1.82, 2.24) is 10.6 Å². The number of nitrogens with one attached hydrogen (secondary N) is 3. The van der Waals surface area contributed by atoms with Crippen molar-refractivity contribution < 1.29 is 9.53 Å². The lowest BCUT2D eigenvalue weighted by Gasteiger charge is -2.28. The Bertz CT molecular complexity index is 876. The van der Waals surface area contributed by atoms with Gasteiger partial charge in [0.15, 0.2) is 5.11 Å². The third-order valence-corrected chi connectivity index (χ3v) is 4.83. The number of rotatable bonds is 5. The molecule has 0 aliphatic rings. The summed E-state index contributed by atoms with van der Waals surface area (Å²) < 4.78 is 3.32. The van der Waals surface area contributed by atoms with Gasteiger partial charge in [0, 0.05) is 5.02 Å². The fourth-order valence-corrected chi connectivity index (χ4v) is 3.17. The SMILES string of the molecule is COc1ccccc1NC(=S)N[C@@H](NC(=O)c1ccc(Cl)cc1Cl)C(Cl)(Cl)Cl. The van der Waals surface area contributed by atoms with Crippen LogP contribution in [0.1, 0.15) is 10.4 Å². The van der Waals surface area contributed by atoms with E-state index in [-0.39, 0.29) is 15.7 Å². The minimum atomic E-state index is -1.92. The topological polar surface area (TPSA) is 62.4 Å². The molecule has 150 valence electrons. The number of ether oxygens (including phenoxy) is 1. The number of hydrogen-bond donors (Lipinski definition) is 3. The van der Waals surface area contributed by atoms with Gasteiger partial charge in [-0.3, -0.25) is 4.79 Å². The van der Waals surface area contributed by atoms with Crippen LogP contribution in [0, 0.1) is 0 Å². The average Bonchev–Trinajstić information content (AvgIpc) is 2.60. The molecule has 0 aliphatic heterocycles. The summed E-state index contributed by atoms with van der Waals surface area (Å²) >= 11 is 35.1. The molecule has 2 rings (SSSR count). The summed E-state index contributed by atoms with van der Waals surface area (Å²) in [4.78, 5) is 12.5. The molecule has 0 saturated heterocycles. The van der Waals surface area contributed by atoms with Crippen LogP contribution in [0.15, 0.2) is 42.5 Å². The Balaban J connectivity index is 2.13. The Morgan fingerprint density at radius 1 is 1.11 bits per heavy atom. The molecule has 0 unspecified atom stereocenters. The second kappa shape index (κ2) is 10.1. The number of amides is 1. The molecule has 0 heterocycles. The molecule has 0 aromatic heterocycles. The zero-order valence-corrected chi connectivity index (χ0v) is 18.8. The van der Waals surface area contributed by atoms with E-state index >= 15 is 0 Å². The highest BCUT2D eigenvalue weighted by atomic mass is 35.6. The smallest absolute Gasteiger partial charge is 0.254 e. The fraction of sp³-hybridized carbons (Fsp3) is 0.176. The van der Waals surface area contributed by atoms with Gasteiger partial charge in [-0.2, -0.15) is 0 Å². The molecule has 2 aromatic rings. The fourth-order valence-electron chi connectivity index (χ4n) is 2.12. The number of alkyl halides is 3. The monoisotopic (exact) mass is 499 g/mol. The molecule has 0 aliphatic carbocycles. The predicted molar refractivity (Wildman–Crippen MR) is 120 cm³/mol. The Hall–Kier alpha value is -1.15. The van der Waals surface area contributed by atoms with Crippen molar-refractivity contribution in [3.05, 3.63) is 58.1 Å². The molecule has 1 amide bonds. The standard InChI is InChI=1S/C17H14Cl5N3O2S/c1-27-13-5-3-2-4-12(13)23-16(28)25-15(17(20,21)22)24-14(26)10-7-6-9(18)8-11(10)19/h2-8,15H,1H3,(H,24,26)(H2,23,25,28)/t15-/m1/s1. The molecule has 3 N–H and O–H groups in total. The molecule has 2 aromatic carbocycles. The summed E-state index contributed by atoms with van der Waals surface area (Å²) in [7, 11) is 1.52. The zero-order valence-electron chi connectivity index (χ0n) is 14.2. The van der Waals surface area contributed by atoms with Gasteiger partial charge in [0.05, 0.1) is 23.4 Å². The minimum Gasteiger partial charge on any atom is -0.495 e. The number of carbonyl (C=O) groups is 1. The maximum atomic E-state index is 12.5. The number of carbonyl (C=O) groups excluding carboxylic acids is 1. The quantitative estimate of drug-likeness (QED) is 0.290. The van der Waals surface area contributed by atoms with Gasteiger partial charge in [-0.15, -0.1) is 0 Å². The van der Waals surface area contributed by atoms with Gasteiger partial charge in [-0.05, 0) is 42.5 Å². The van der Waals surface area contributed by atoms with Gasteiger partial charge < -0.3 is 20.7 Å². The molecule has 11 heteroatoms. The molecule has 1 atom stereocenters. The molecule has 28 heavy (non-hydrogen) atoms. The third-order valence-electron chi connectivity index (χ3n) is 3.41. The van der Waals surface area contributed by atoms with Crippen LogP contribution in [-0.2, 0) is 0 Å². The van der Waals surface area contributed by atoms with E-state index in [4.69, 9.17) is 75.0 Å². The Morgan fingerprint density at radius 2 is 1.79 bits per heavy atom. The molecule has 5 nitrogen and oxygen atoms in total. The van der Waals surface area contributed by atoms with Gasteiger partial charge >= 0.3 is 0 Å². The first-order valence-corrected chi connectivity index (χ1v) is 9.95. The number of thiocarbonyl (C=S) groups is 1. The number of halogens is 5. The van der Waals surface area contributed by atoms with E-state index in [0.717, 1.165) is 0 Å². The van der Waals surface area contributed by atoms with Crippen LogP contribution in [0.2, 0.25) is 10.0 Å².